The van der Waals surface area contributed by atoms with Crippen LogP contribution in [0.1, 0.15) is 28.2 Å². The topological polar surface area (TPSA) is 56.0 Å². The fraction of sp³-hybridized carbons (Fsp3) is 0.300. The van der Waals surface area contributed by atoms with Gasteiger partial charge in [-0.2, -0.15) is 0 Å². The first-order chi connectivity index (χ1) is 6.27. The van der Waals surface area contributed by atoms with E-state index in [4.69, 9.17) is 5.73 Å². The number of carbonyl (C=O) groups is 1. The van der Waals surface area contributed by atoms with Gasteiger partial charge in [-0.05, 0) is 37.3 Å². The Morgan fingerprint density at radius 1 is 1.54 bits per heavy atom. The lowest BCUT2D eigenvalue weighted by Gasteiger charge is -2.13. The second-order valence-corrected chi connectivity index (χ2v) is 3.09. The van der Waals surface area contributed by atoms with E-state index < -0.39 is 5.91 Å². The van der Waals surface area contributed by atoms with Gasteiger partial charge in [-0.1, -0.05) is 6.07 Å². The molecule has 0 spiro atoms. The molecule has 1 aliphatic rings. The lowest BCUT2D eigenvalue weighted by Crippen LogP contribution is -2.16. The number of amides is 1. The maximum Gasteiger partial charge on any atom is 0.267 e. The van der Waals surface area contributed by atoms with E-state index in [9.17, 15) is 4.79 Å². The van der Waals surface area contributed by atoms with Gasteiger partial charge in [0, 0.05) is 5.69 Å². The number of aryl methyl sites for hydroxylation is 1. The van der Waals surface area contributed by atoms with Crippen LogP contribution in [0, 0.1) is 6.42 Å². The Hall–Kier alpha value is -1.38. The Bertz CT molecular complexity index is 347. The second-order valence-electron chi connectivity index (χ2n) is 3.09. The highest BCUT2D eigenvalue weighted by atomic mass is 16.1. The van der Waals surface area contributed by atoms with Gasteiger partial charge in [0.05, 0.1) is 0 Å². The zero-order valence-corrected chi connectivity index (χ0v) is 7.21. The molecule has 1 aliphatic carbocycles. The van der Waals surface area contributed by atoms with Gasteiger partial charge in [0.15, 0.2) is 0 Å². The van der Waals surface area contributed by atoms with E-state index in [1.807, 2.05) is 6.07 Å². The average molecular weight is 174 g/mol. The molecule has 1 aromatic rings. The number of primary amides is 1. The monoisotopic (exact) mass is 174 g/mol. The molecule has 0 aliphatic heterocycles. The van der Waals surface area contributed by atoms with Crippen LogP contribution in [0.3, 0.4) is 0 Å². The molecule has 1 aromatic heterocycles. The first-order valence-electron chi connectivity index (χ1n) is 4.26. The standard InChI is InChI=1S/C10H10N2O/c11-10(13)9-6-5-7-3-1-2-4-8(7)12-9/h5-6H,2-4H2,(H2,11,13). The van der Waals surface area contributed by atoms with Crippen molar-refractivity contribution in [1.29, 1.82) is 0 Å². The Kier molecular flexibility index (Phi) is 2.00. The summed E-state index contributed by atoms with van der Waals surface area (Å²) in [5, 5.41) is 0. The van der Waals surface area contributed by atoms with Crippen molar-refractivity contribution in [3.63, 3.8) is 0 Å². The van der Waals surface area contributed by atoms with Crippen LogP contribution in [0.4, 0.5) is 0 Å². The number of hydrogen-bond acceptors (Lipinski definition) is 2. The number of aromatic nitrogens is 1. The number of nitrogens with two attached hydrogens (primary N) is 1. The maximum atomic E-state index is 10.8. The summed E-state index contributed by atoms with van der Waals surface area (Å²) in [5.41, 5.74) is 7.65. The highest BCUT2D eigenvalue weighted by Crippen LogP contribution is 2.18. The Morgan fingerprint density at radius 3 is 3.15 bits per heavy atom. The van der Waals surface area contributed by atoms with Crippen LogP contribution in [-0.4, -0.2) is 10.9 Å². The number of rotatable bonds is 1. The van der Waals surface area contributed by atoms with E-state index >= 15 is 0 Å². The van der Waals surface area contributed by atoms with Crippen molar-refractivity contribution in [2.45, 2.75) is 19.3 Å². The summed E-state index contributed by atoms with van der Waals surface area (Å²) in [6.07, 6.45) is 5.86. The summed E-state index contributed by atoms with van der Waals surface area (Å²) < 4.78 is 0. The predicted molar refractivity (Wildman–Crippen MR) is 48.0 cm³/mol. The summed E-state index contributed by atoms with van der Waals surface area (Å²) in [6, 6.07) is 3.59. The molecule has 2 radical (unpaired) electrons. The zero-order valence-electron chi connectivity index (χ0n) is 7.21. The van der Waals surface area contributed by atoms with E-state index in [2.05, 4.69) is 11.4 Å². The highest BCUT2D eigenvalue weighted by molar-refractivity contribution is 5.90. The van der Waals surface area contributed by atoms with Crippen molar-refractivity contribution < 1.29 is 4.79 Å². The molecule has 0 saturated heterocycles. The van der Waals surface area contributed by atoms with Gasteiger partial charge in [0.25, 0.3) is 5.91 Å². The van der Waals surface area contributed by atoms with E-state index in [0.717, 1.165) is 30.5 Å². The SMILES string of the molecule is NC(=O)c1ccc2c(n1)CC[C]C2. The maximum absolute atomic E-state index is 10.8. The molecule has 2 rings (SSSR count). The van der Waals surface area contributed by atoms with Gasteiger partial charge in [-0.3, -0.25) is 4.79 Å². The van der Waals surface area contributed by atoms with Crippen LogP contribution in [0.2, 0.25) is 0 Å². The van der Waals surface area contributed by atoms with Crippen molar-refractivity contribution in [3.8, 4) is 0 Å². The van der Waals surface area contributed by atoms with E-state index in [-0.39, 0.29) is 0 Å². The fourth-order valence-electron chi connectivity index (χ4n) is 1.47. The second kappa shape index (κ2) is 3.17. The molecule has 0 fully saturated rings. The van der Waals surface area contributed by atoms with Crippen molar-refractivity contribution in [1.82, 2.24) is 4.98 Å². The van der Waals surface area contributed by atoms with Crippen LogP contribution >= 0.6 is 0 Å². The average Bonchev–Trinajstić information content (AvgIpc) is 2.17. The molecule has 1 amide bonds. The summed E-state index contributed by atoms with van der Waals surface area (Å²) in [4.78, 5) is 15.0. The van der Waals surface area contributed by atoms with Crippen LogP contribution in [-0.2, 0) is 12.8 Å². The van der Waals surface area contributed by atoms with Crippen molar-refractivity contribution >= 4 is 5.91 Å². The van der Waals surface area contributed by atoms with E-state index in [0.29, 0.717) is 5.69 Å². The quantitative estimate of drug-likeness (QED) is 0.683. The first kappa shape index (κ1) is 8.23. The number of nitrogens with zero attached hydrogens (tertiary/aromatic N) is 1. The van der Waals surface area contributed by atoms with Gasteiger partial charge < -0.3 is 5.73 Å². The normalized spacial score (nSPS) is 15.1. The Labute approximate surface area is 77.0 Å². The molecule has 66 valence electrons. The molecular formula is C10H10N2O. The fourth-order valence-corrected chi connectivity index (χ4v) is 1.47. The minimum Gasteiger partial charge on any atom is -0.364 e. The summed E-state index contributed by atoms with van der Waals surface area (Å²) in [7, 11) is 0. The minimum atomic E-state index is -0.457. The number of hydrogen-bond donors (Lipinski definition) is 1. The zero-order chi connectivity index (χ0) is 9.26. The number of fused-ring (bicyclic) bond motifs is 1. The molecular weight excluding hydrogens is 164 g/mol. The van der Waals surface area contributed by atoms with Gasteiger partial charge in [0.1, 0.15) is 5.69 Å². The molecule has 0 aromatic carbocycles. The summed E-state index contributed by atoms with van der Waals surface area (Å²) >= 11 is 0. The highest BCUT2D eigenvalue weighted by Gasteiger charge is 2.12. The van der Waals surface area contributed by atoms with E-state index in [1.165, 1.54) is 0 Å². The minimum absolute atomic E-state index is 0.362. The summed E-state index contributed by atoms with van der Waals surface area (Å²) in [5.74, 6) is -0.457. The molecule has 0 atom stereocenters. The van der Waals surface area contributed by atoms with Crippen molar-refractivity contribution in [3.05, 3.63) is 35.5 Å². The van der Waals surface area contributed by atoms with Crippen LogP contribution in [0.25, 0.3) is 0 Å². The Morgan fingerprint density at radius 2 is 2.38 bits per heavy atom. The van der Waals surface area contributed by atoms with Crippen molar-refractivity contribution in [2.24, 2.45) is 5.73 Å². The van der Waals surface area contributed by atoms with Gasteiger partial charge in [0.2, 0.25) is 0 Å². The molecule has 0 unspecified atom stereocenters. The van der Waals surface area contributed by atoms with Crippen molar-refractivity contribution in [2.75, 3.05) is 0 Å². The molecule has 0 bridgehead atoms. The lowest BCUT2D eigenvalue weighted by molar-refractivity contribution is 0.0995. The smallest absolute Gasteiger partial charge is 0.267 e. The lowest BCUT2D eigenvalue weighted by atomic mass is 9.96. The van der Waals surface area contributed by atoms with Gasteiger partial charge >= 0.3 is 0 Å². The van der Waals surface area contributed by atoms with E-state index in [1.54, 1.807) is 6.07 Å². The largest absolute Gasteiger partial charge is 0.364 e. The third-order valence-electron chi connectivity index (χ3n) is 2.17. The van der Waals surface area contributed by atoms with Crippen LogP contribution in [0.5, 0.6) is 0 Å². The van der Waals surface area contributed by atoms with Gasteiger partial charge in [-0.25, -0.2) is 4.98 Å². The van der Waals surface area contributed by atoms with Crippen LogP contribution < -0.4 is 5.73 Å². The third-order valence-corrected chi connectivity index (χ3v) is 2.17. The first-order valence-corrected chi connectivity index (χ1v) is 4.26. The molecule has 1 heterocycles. The molecule has 13 heavy (non-hydrogen) atoms. The number of pyridine rings is 1. The van der Waals surface area contributed by atoms with Crippen LogP contribution in [0.15, 0.2) is 12.1 Å². The van der Waals surface area contributed by atoms with Gasteiger partial charge in [-0.15, -0.1) is 0 Å². The predicted octanol–water partition coefficient (Wildman–Crippen LogP) is 0.750. The Balaban J connectivity index is 2.40. The molecule has 3 nitrogen and oxygen atoms in total. The molecule has 0 saturated carbocycles. The number of carbonyl (C=O) groups excluding carboxylic acids is 1. The molecule has 2 N–H and O–H groups in total. The summed E-state index contributed by atoms with van der Waals surface area (Å²) in [6.45, 7) is 0. The molecule has 3 heteroatoms. The third kappa shape index (κ3) is 1.54.